The lowest BCUT2D eigenvalue weighted by Gasteiger charge is -2.10. The smallest absolute Gasteiger partial charge is 0.338 e. The van der Waals surface area contributed by atoms with E-state index in [9.17, 15) is 9.59 Å². The number of aryl methyl sites for hydroxylation is 2. The summed E-state index contributed by atoms with van der Waals surface area (Å²) in [4.78, 5) is 29.9. The monoisotopic (exact) mass is 448 g/mol. The number of fused-ring (bicyclic) bond motifs is 1. The highest BCUT2D eigenvalue weighted by Gasteiger charge is 2.21. The minimum atomic E-state index is -0.442. The molecule has 0 aliphatic carbocycles. The molecule has 0 saturated carbocycles. The van der Waals surface area contributed by atoms with Crippen molar-refractivity contribution in [1.29, 1.82) is 0 Å². The van der Waals surface area contributed by atoms with E-state index in [4.69, 9.17) is 16.3 Å². The fraction of sp³-hybridized carbons (Fsp3) is 0.167. The molecule has 1 amide bonds. The molecule has 32 heavy (non-hydrogen) atoms. The van der Waals surface area contributed by atoms with Crippen molar-refractivity contribution in [3.05, 3.63) is 82.1 Å². The highest BCUT2D eigenvalue weighted by atomic mass is 35.5. The van der Waals surface area contributed by atoms with Gasteiger partial charge in [0.05, 0.1) is 39.5 Å². The van der Waals surface area contributed by atoms with Crippen LogP contribution in [0.3, 0.4) is 0 Å². The Labute approximate surface area is 190 Å². The molecule has 0 bridgehead atoms. The zero-order valence-electron chi connectivity index (χ0n) is 17.8. The number of hydrogen-bond acceptors (Lipinski definition) is 5. The van der Waals surface area contributed by atoms with Gasteiger partial charge in [-0.05, 0) is 57.2 Å². The fourth-order valence-corrected chi connectivity index (χ4v) is 3.74. The van der Waals surface area contributed by atoms with Crippen LogP contribution in [0.15, 0.2) is 54.6 Å². The minimum absolute atomic E-state index is 0.276. The predicted octanol–water partition coefficient (Wildman–Crippen LogP) is 5.12. The molecule has 0 aliphatic rings. The molecule has 1 N–H and O–H groups in total. The van der Waals surface area contributed by atoms with Gasteiger partial charge >= 0.3 is 5.97 Å². The molecule has 0 atom stereocenters. The number of pyridine rings is 1. The SMILES string of the molecule is CCOC(=O)c1cccc(NC(=O)c2cc(C)nc3c2c(C)nn3-c2ccccc2Cl)c1. The van der Waals surface area contributed by atoms with Gasteiger partial charge in [-0.25, -0.2) is 14.5 Å². The summed E-state index contributed by atoms with van der Waals surface area (Å²) in [5, 5.41) is 8.63. The molecule has 162 valence electrons. The number of aromatic nitrogens is 3. The van der Waals surface area contributed by atoms with Crippen molar-refractivity contribution < 1.29 is 14.3 Å². The summed E-state index contributed by atoms with van der Waals surface area (Å²) in [6.45, 7) is 5.66. The summed E-state index contributed by atoms with van der Waals surface area (Å²) in [5.74, 6) is -0.772. The zero-order chi connectivity index (χ0) is 22.8. The van der Waals surface area contributed by atoms with Gasteiger partial charge in [-0.1, -0.05) is 29.8 Å². The van der Waals surface area contributed by atoms with Crippen LogP contribution < -0.4 is 5.32 Å². The van der Waals surface area contributed by atoms with Crippen molar-refractivity contribution in [1.82, 2.24) is 14.8 Å². The van der Waals surface area contributed by atoms with E-state index in [-0.39, 0.29) is 12.5 Å². The van der Waals surface area contributed by atoms with E-state index in [1.54, 1.807) is 48.0 Å². The number of ether oxygens (including phenoxy) is 1. The molecule has 0 spiro atoms. The summed E-state index contributed by atoms with van der Waals surface area (Å²) in [7, 11) is 0. The number of carbonyl (C=O) groups is 2. The molecule has 0 unspecified atom stereocenters. The number of nitrogens with zero attached hydrogens (tertiary/aromatic N) is 3. The number of nitrogens with one attached hydrogen (secondary N) is 1. The molecule has 0 radical (unpaired) electrons. The van der Waals surface area contributed by atoms with Crippen LogP contribution in [-0.4, -0.2) is 33.2 Å². The molecule has 4 aromatic rings. The highest BCUT2D eigenvalue weighted by molar-refractivity contribution is 6.32. The first kappa shape index (κ1) is 21.5. The summed E-state index contributed by atoms with van der Waals surface area (Å²) >= 11 is 6.37. The Kier molecular flexibility index (Phi) is 5.92. The van der Waals surface area contributed by atoms with Gasteiger partial charge in [-0.15, -0.1) is 0 Å². The van der Waals surface area contributed by atoms with Gasteiger partial charge in [-0.2, -0.15) is 5.10 Å². The van der Waals surface area contributed by atoms with Gasteiger partial charge in [0.2, 0.25) is 0 Å². The summed E-state index contributed by atoms with van der Waals surface area (Å²) in [5.41, 5.74) is 3.82. The average molecular weight is 449 g/mol. The maximum absolute atomic E-state index is 13.2. The van der Waals surface area contributed by atoms with Crippen LogP contribution in [0, 0.1) is 13.8 Å². The molecule has 0 fully saturated rings. The van der Waals surface area contributed by atoms with Gasteiger partial charge in [-0.3, -0.25) is 4.79 Å². The van der Waals surface area contributed by atoms with Crippen LogP contribution >= 0.6 is 11.6 Å². The summed E-state index contributed by atoms with van der Waals surface area (Å²) < 4.78 is 6.69. The lowest BCUT2D eigenvalue weighted by atomic mass is 10.1. The van der Waals surface area contributed by atoms with Crippen molar-refractivity contribution >= 4 is 40.2 Å². The molecule has 2 heterocycles. The van der Waals surface area contributed by atoms with Gasteiger partial charge in [0, 0.05) is 11.4 Å². The first-order valence-electron chi connectivity index (χ1n) is 10.1. The second-order valence-corrected chi connectivity index (χ2v) is 7.62. The van der Waals surface area contributed by atoms with E-state index < -0.39 is 5.97 Å². The second kappa shape index (κ2) is 8.80. The molecular weight excluding hydrogens is 428 g/mol. The van der Waals surface area contributed by atoms with E-state index in [1.807, 2.05) is 32.0 Å². The number of anilines is 1. The highest BCUT2D eigenvalue weighted by Crippen LogP contribution is 2.28. The van der Waals surface area contributed by atoms with Crippen LogP contribution in [0.1, 0.15) is 39.0 Å². The maximum atomic E-state index is 13.2. The number of rotatable bonds is 5. The molecule has 2 aromatic heterocycles. The Morgan fingerprint density at radius 3 is 2.62 bits per heavy atom. The largest absolute Gasteiger partial charge is 0.462 e. The Balaban J connectivity index is 1.75. The van der Waals surface area contributed by atoms with Crippen molar-refractivity contribution in [3.63, 3.8) is 0 Å². The predicted molar refractivity (Wildman–Crippen MR) is 124 cm³/mol. The molecule has 0 aliphatic heterocycles. The number of hydrogen-bond donors (Lipinski definition) is 1. The summed E-state index contributed by atoms with van der Waals surface area (Å²) in [6, 6.07) is 15.7. The third-order valence-corrected chi connectivity index (χ3v) is 5.22. The van der Waals surface area contributed by atoms with Crippen LogP contribution in [0.5, 0.6) is 0 Å². The van der Waals surface area contributed by atoms with Crippen LogP contribution in [-0.2, 0) is 4.74 Å². The average Bonchev–Trinajstić information content (AvgIpc) is 3.09. The number of carbonyl (C=O) groups excluding carboxylic acids is 2. The third-order valence-electron chi connectivity index (χ3n) is 4.90. The molecule has 2 aromatic carbocycles. The van der Waals surface area contributed by atoms with Crippen molar-refractivity contribution in [2.24, 2.45) is 0 Å². The first-order chi connectivity index (χ1) is 15.4. The van der Waals surface area contributed by atoms with Crippen LogP contribution in [0.4, 0.5) is 5.69 Å². The van der Waals surface area contributed by atoms with E-state index in [2.05, 4.69) is 15.4 Å². The number of halogens is 1. The van der Waals surface area contributed by atoms with E-state index in [0.29, 0.717) is 49.9 Å². The Morgan fingerprint density at radius 2 is 1.88 bits per heavy atom. The lowest BCUT2D eigenvalue weighted by molar-refractivity contribution is 0.0526. The van der Waals surface area contributed by atoms with Crippen LogP contribution in [0.2, 0.25) is 5.02 Å². The van der Waals surface area contributed by atoms with Gasteiger partial charge < -0.3 is 10.1 Å². The van der Waals surface area contributed by atoms with Crippen molar-refractivity contribution in [2.45, 2.75) is 20.8 Å². The standard InChI is InChI=1S/C24H21ClN4O3/c1-4-32-24(31)16-8-7-9-17(13-16)27-23(30)18-12-14(2)26-22-21(18)15(3)28-29(22)20-11-6-5-10-19(20)25/h5-13H,4H2,1-3H3,(H,27,30). The number of benzene rings is 2. The normalized spacial score (nSPS) is 10.9. The number of amides is 1. The van der Waals surface area contributed by atoms with Crippen molar-refractivity contribution in [3.8, 4) is 5.69 Å². The topological polar surface area (TPSA) is 86.1 Å². The quantitative estimate of drug-likeness (QED) is 0.428. The molecular formula is C24H21ClN4O3. The number of para-hydroxylation sites is 1. The Morgan fingerprint density at radius 1 is 1.09 bits per heavy atom. The molecule has 8 heteroatoms. The molecule has 7 nitrogen and oxygen atoms in total. The molecule has 0 saturated heterocycles. The second-order valence-electron chi connectivity index (χ2n) is 7.21. The molecule has 4 rings (SSSR count). The van der Waals surface area contributed by atoms with Gasteiger partial charge in [0.15, 0.2) is 5.65 Å². The van der Waals surface area contributed by atoms with Crippen molar-refractivity contribution in [2.75, 3.05) is 11.9 Å². The fourth-order valence-electron chi connectivity index (χ4n) is 3.52. The first-order valence-corrected chi connectivity index (χ1v) is 10.5. The minimum Gasteiger partial charge on any atom is -0.462 e. The zero-order valence-corrected chi connectivity index (χ0v) is 18.6. The number of esters is 1. The third kappa shape index (κ3) is 4.07. The van der Waals surface area contributed by atoms with E-state index in [1.165, 1.54) is 0 Å². The lowest BCUT2D eigenvalue weighted by Crippen LogP contribution is -2.14. The Bertz CT molecular complexity index is 1350. The Hall–Kier alpha value is -3.71. The van der Waals surface area contributed by atoms with E-state index >= 15 is 0 Å². The van der Waals surface area contributed by atoms with Gasteiger partial charge in [0.25, 0.3) is 5.91 Å². The van der Waals surface area contributed by atoms with E-state index in [0.717, 1.165) is 0 Å². The summed E-state index contributed by atoms with van der Waals surface area (Å²) in [6.07, 6.45) is 0. The van der Waals surface area contributed by atoms with Gasteiger partial charge in [0.1, 0.15) is 0 Å². The van der Waals surface area contributed by atoms with Crippen LogP contribution in [0.25, 0.3) is 16.7 Å². The maximum Gasteiger partial charge on any atom is 0.338 e.